The summed E-state index contributed by atoms with van der Waals surface area (Å²) in [5, 5.41) is 28.5. The average molecular weight is 462 g/mol. The van der Waals surface area contributed by atoms with Gasteiger partial charge in [-0.3, -0.25) is 20.0 Å². The predicted octanol–water partition coefficient (Wildman–Crippen LogP) is 5.20. The molecule has 0 saturated carbocycles. The molecular formula is C20H11ClF3N5O3. The summed E-state index contributed by atoms with van der Waals surface area (Å²) in [4.78, 5) is 22.9. The number of carbonyl (C=O) groups excluding carboxylic acids is 1. The second-order valence-corrected chi connectivity index (χ2v) is 6.73. The number of nitriles is 1. The van der Waals surface area contributed by atoms with E-state index in [2.05, 4.69) is 15.5 Å². The maximum Gasteiger partial charge on any atom is 0.417 e. The monoisotopic (exact) mass is 461 g/mol. The Morgan fingerprint density at radius 2 is 2.03 bits per heavy atom. The summed E-state index contributed by atoms with van der Waals surface area (Å²) in [6.07, 6.45) is -2.27. The Bertz CT molecular complexity index is 1280. The highest BCUT2D eigenvalue weighted by Crippen LogP contribution is 2.36. The smallest absolute Gasteiger partial charge is 0.321 e. The Balaban J connectivity index is 1.91. The van der Waals surface area contributed by atoms with Crippen molar-refractivity contribution < 1.29 is 22.9 Å². The van der Waals surface area contributed by atoms with Crippen LogP contribution in [-0.4, -0.2) is 21.0 Å². The molecule has 0 fully saturated rings. The number of nitro groups is 1. The van der Waals surface area contributed by atoms with Gasteiger partial charge in [-0.05, 0) is 24.3 Å². The van der Waals surface area contributed by atoms with Crippen LogP contribution in [0.3, 0.4) is 0 Å². The summed E-state index contributed by atoms with van der Waals surface area (Å²) < 4.78 is 39.0. The van der Waals surface area contributed by atoms with Crippen molar-refractivity contribution in [3.8, 4) is 17.3 Å². The minimum atomic E-state index is -4.73. The molecule has 8 nitrogen and oxygen atoms in total. The molecular weight excluding hydrogens is 451 g/mol. The number of nitrogens with one attached hydrogen (secondary N) is 2. The number of amides is 1. The van der Waals surface area contributed by atoms with Gasteiger partial charge in [0.15, 0.2) is 0 Å². The maximum atomic E-state index is 13.0. The summed E-state index contributed by atoms with van der Waals surface area (Å²) in [5.74, 6) is -0.964. The second kappa shape index (κ2) is 8.91. The second-order valence-electron chi connectivity index (χ2n) is 6.32. The molecule has 0 saturated heterocycles. The molecule has 0 radical (unpaired) electrons. The fraction of sp³-hybridized carbons (Fsp3) is 0.0500. The number of aromatic nitrogens is 2. The molecule has 0 spiro atoms. The highest BCUT2D eigenvalue weighted by atomic mass is 35.5. The van der Waals surface area contributed by atoms with Crippen molar-refractivity contribution in [2.24, 2.45) is 0 Å². The Morgan fingerprint density at radius 3 is 2.69 bits per heavy atom. The van der Waals surface area contributed by atoms with Crippen LogP contribution in [0.25, 0.3) is 17.3 Å². The first-order chi connectivity index (χ1) is 15.1. The van der Waals surface area contributed by atoms with Crippen molar-refractivity contribution in [2.45, 2.75) is 6.18 Å². The number of alkyl halides is 3. The van der Waals surface area contributed by atoms with Crippen LogP contribution in [0.1, 0.15) is 11.1 Å². The molecule has 0 atom stereocenters. The van der Waals surface area contributed by atoms with E-state index in [1.807, 2.05) is 0 Å². The lowest BCUT2D eigenvalue weighted by molar-refractivity contribution is -0.384. The minimum Gasteiger partial charge on any atom is -0.321 e. The van der Waals surface area contributed by atoms with Crippen LogP contribution in [0.15, 0.2) is 54.2 Å². The van der Waals surface area contributed by atoms with Gasteiger partial charge in [0.25, 0.3) is 11.6 Å². The van der Waals surface area contributed by atoms with E-state index in [1.165, 1.54) is 24.4 Å². The number of benzene rings is 2. The Hall–Kier alpha value is -4.17. The van der Waals surface area contributed by atoms with Crippen molar-refractivity contribution >= 4 is 35.0 Å². The lowest BCUT2D eigenvalue weighted by atomic mass is 10.1. The lowest BCUT2D eigenvalue weighted by Gasteiger charge is -2.11. The Kier molecular flexibility index (Phi) is 6.27. The number of H-pyrrole nitrogens is 1. The number of carbonyl (C=O) groups is 1. The van der Waals surface area contributed by atoms with Gasteiger partial charge in [0.2, 0.25) is 0 Å². The molecule has 0 unspecified atom stereocenters. The van der Waals surface area contributed by atoms with Crippen LogP contribution in [0.5, 0.6) is 0 Å². The molecule has 0 aliphatic carbocycles. The molecule has 1 aromatic heterocycles. The highest BCUT2D eigenvalue weighted by Gasteiger charge is 2.33. The quantitative estimate of drug-likeness (QED) is 0.234. The van der Waals surface area contributed by atoms with Crippen molar-refractivity contribution in [1.29, 1.82) is 5.26 Å². The fourth-order valence-electron chi connectivity index (χ4n) is 2.73. The molecule has 3 aromatic rings. The van der Waals surface area contributed by atoms with Crippen LogP contribution >= 0.6 is 11.6 Å². The van der Waals surface area contributed by atoms with Gasteiger partial charge in [-0.2, -0.15) is 23.5 Å². The van der Waals surface area contributed by atoms with Gasteiger partial charge < -0.3 is 5.32 Å². The van der Waals surface area contributed by atoms with E-state index in [9.17, 15) is 33.3 Å². The zero-order valence-corrected chi connectivity index (χ0v) is 16.5. The fourth-order valence-corrected chi connectivity index (χ4v) is 2.96. The van der Waals surface area contributed by atoms with E-state index >= 15 is 0 Å². The first kappa shape index (κ1) is 22.5. The number of nitrogens with zero attached hydrogens (tertiary/aromatic N) is 3. The first-order valence-corrected chi connectivity index (χ1v) is 9.06. The van der Waals surface area contributed by atoms with E-state index in [4.69, 9.17) is 11.6 Å². The number of nitro benzene ring substituents is 1. The van der Waals surface area contributed by atoms with Crippen molar-refractivity contribution in [2.75, 3.05) is 5.32 Å². The van der Waals surface area contributed by atoms with Gasteiger partial charge in [-0.25, -0.2) is 0 Å². The molecule has 12 heteroatoms. The summed E-state index contributed by atoms with van der Waals surface area (Å²) in [6.45, 7) is 0. The van der Waals surface area contributed by atoms with Gasteiger partial charge in [-0.1, -0.05) is 23.7 Å². The number of halogens is 4. The van der Waals surface area contributed by atoms with Crippen molar-refractivity contribution in [3.63, 3.8) is 0 Å². The molecule has 0 aliphatic rings. The van der Waals surface area contributed by atoms with Gasteiger partial charge in [-0.15, -0.1) is 0 Å². The largest absolute Gasteiger partial charge is 0.417 e. The van der Waals surface area contributed by atoms with Crippen LogP contribution < -0.4 is 5.32 Å². The van der Waals surface area contributed by atoms with Crippen LogP contribution in [-0.2, 0) is 11.0 Å². The minimum absolute atomic E-state index is 0.173. The van der Waals surface area contributed by atoms with Gasteiger partial charge in [0.05, 0.1) is 27.4 Å². The number of aromatic amines is 1. The normalized spacial score (nSPS) is 11.7. The SMILES string of the molecule is N#C/C(=C\c1cn[nH]c1-c1cccc([N+](=O)[O-])c1)C(=O)Nc1ccc(Cl)c(C(F)(F)F)c1. The molecule has 2 aromatic carbocycles. The summed E-state index contributed by atoms with van der Waals surface area (Å²) >= 11 is 5.56. The van der Waals surface area contributed by atoms with E-state index in [0.29, 0.717) is 17.3 Å². The van der Waals surface area contributed by atoms with Gasteiger partial charge in [0, 0.05) is 28.9 Å². The predicted molar refractivity (Wildman–Crippen MR) is 109 cm³/mol. The van der Waals surface area contributed by atoms with Crippen molar-refractivity contribution in [1.82, 2.24) is 10.2 Å². The maximum absolute atomic E-state index is 13.0. The highest BCUT2D eigenvalue weighted by molar-refractivity contribution is 6.31. The third kappa shape index (κ3) is 4.93. The average Bonchev–Trinajstić information content (AvgIpc) is 3.20. The molecule has 162 valence electrons. The lowest BCUT2D eigenvalue weighted by Crippen LogP contribution is -2.14. The number of non-ortho nitro benzene ring substituents is 1. The number of hydrogen-bond acceptors (Lipinski definition) is 5. The number of anilines is 1. The number of rotatable bonds is 5. The Morgan fingerprint density at radius 1 is 1.28 bits per heavy atom. The third-order valence-electron chi connectivity index (χ3n) is 4.21. The molecule has 0 bridgehead atoms. The molecule has 32 heavy (non-hydrogen) atoms. The zero-order chi connectivity index (χ0) is 23.5. The number of hydrogen-bond donors (Lipinski definition) is 2. The van der Waals surface area contributed by atoms with E-state index in [1.54, 1.807) is 12.1 Å². The standard InChI is InChI=1S/C20H11ClF3N5O3/c21-17-5-4-14(8-16(17)20(22,23)24)27-19(30)12(9-25)6-13-10-26-28-18(13)11-2-1-3-15(7-11)29(31)32/h1-8,10H,(H,26,28)(H,27,30)/b12-6+. The molecule has 1 heterocycles. The van der Waals surface area contributed by atoms with E-state index in [0.717, 1.165) is 18.2 Å². The topological polar surface area (TPSA) is 125 Å². The van der Waals surface area contributed by atoms with Gasteiger partial charge >= 0.3 is 6.18 Å². The van der Waals surface area contributed by atoms with Gasteiger partial charge in [0.1, 0.15) is 11.6 Å². The molecule has 2 N–H and O–H groups in total. The molecule has 0 aliphatic heterocycles. The first-order valence-electron chi connectivity index (χ1n) is 8.68. The summed E-state index contributed by atoms with van der Waals surface area (Å²) in [6, 6.07) is 10.1. The van der Waals surface area contributed by atoms with Crippen LogP contribution in [0, 0.1) is 21.4 Å². The Labute approximate surface area is 183 Å². The van der Waals surface area contributed by atoms with Crippen molar-refractivity contribution in [3.05, 3.63) is 80.5 Å². The van der Waals surface area contributed by atoms with E-state index < -0.39 is 33.2 Å². The van der Waals surface area contributed by atoms with Crippen LogP contribution in [0.2, 0.25) is 5.02 Å². The molecule has 3 rings (SSSR count). The zero-order valence-electron chi connectivity index (χ0n) is 15.8. The third-order valence-corrected chi connectivity index (χ3v) is 4.54. The van der Waals surface area contributed by atoms with Crippen LogP contribution in [0.4, 0.5) is 24.5 Å². The van der Waals surface area contributed by atoms with E-state index in [-0.39, 0.29) is 16.9 Å². The molecule has 1 amide bonds. The summed E-state index contributed by atoms with van der Waals surface area (Å²) in [7, 11) is 0. The summed E-state index contributed by atoms with van der Waals surface area (Å²) in [5.41, 5.74) is -0.992.